The van der Waals surface area contributed by atoms with E-state index in [2.05, 4.69) is 5.10 Å². The Kier molecular flexibility index (Phi) is 3.22. The SMILES string of the molecule is Cn1ccc(-c2cccc(C=C(C#N)C#N)c2)n1. The summed E-state index contributed by atoms with van der Waals surface area (Å²) in [5, 5.41) is 21.7. The van der Waals surface area contributed by atoms with E-state index in [1.165, 1.54) is 0 Å². The van der Waals surface area contributed by atoms with Gasteiger partial charge in [0.1, 0.15) is 17.7 Å². The molecule has 0 fully saturated rings. The first-order valence-electron chi connectivity index (χ1n) is 5.35. The normalized spacial score (nSPS) is 9.28. The fourth-order valence-electron chi connectivity index (χ4n) is 1.61. The highest BCUT2D eigenvalue weighted by atomic mass is 15.2. The van der Waals surface area contributed by atoms with Crippen LogP contribution in [0.15, 0.2) is 42.1 Å². The molecule has 0 amide bonds. The lowest BCUT2D eigenvalue weighted by atomic mass is 10.1. The third-order valence-corrected chi connectivity index (χ3v) is 2.45. The van der Waals surface area contributed by atoms with Gasteiger partial charge in [-0.2, -0.15) is 15.6 Å². The number of rotatable bonds is 2. The van der Waals surface area contributed by atoms with Crippen molar-refractivity contribution in [3.63, 3.8) is 0 Å². The second kappa shape index (κ2) is 4.99. The van der Waals surface area contributed by atoms with E-state index < -0.39 is 0 Å². The topological polar surface area (TPSA) is 65.4 Å². The molecular weight excluding hydrogens is 224 g/mol. The van der Waals surface area contributed by atoms with Gasteiger partial charge in [-0.05, 0) is 23.8 Å². The van der Waals surface area contributed by atoms with Crippen LogP contribution in [0.3, 0.4) is 0 Å². The molecule has 86 valence electrons. The van der Waals surface area contributed by atoms with Crippen LogP contribution in [0.25, 0.3) is 17.3 Å². The highest BCUT2D eigenvalue weighted by Crippen LogP contribution is 2.19. The van der Waals surface area contributed by atoms with E-state index in [4.69, 9.17) is 10.5 Å². The lowest BCUT2D eigenvalue weighted by molar-refractivity contribution is 0.771. The first-order chi connectivity index (χ1) is 8.72. The van der Waals surface area contributed by atoms with Crippen molar-refractivity contribution in [2.45, 2.75) is 0 Å². The Labute approximate surface area is 105 Å². The number of hydrogen-bond donors (Lipinski definition) is 0. The summed E-state index contributed by atoms with van der Waals surface area (Å²) < 4.78 is 1.73. The second-order valence-electron chi connectivity index (χ2n) is 3.78. The van der Waals surface area contributed by atoms with Crippen molar-refractivity contribution in [1.82, 2.24) is 9.78 Å². The number of aromatic nitrogens is 2. The van der Waals surface area contributed by atoms with Crippen molar-refractivity contribution in [2.75, 3.05) is 0 Å². The summed E-state index contributed by atoms with van der Waals surface area (Å²) in [6.45, 7) is 0. The number of hydrogen-bond acceptors (Lipinski definition) is 3. The molecule has 1 heterocycles. The fraction of sp³-hybridized carbons (Fsp3) is 0.0714. The number of allylic oxidation sites excluding steroid dienone is 1. The van der Waals surface area contributed by atoms with Gasteiger partial charge in [0.05, 0.1) is 5.69 Å². The summed E-state index contributed by atoms with van der Waals surface area (Å²) in [4.78, 5) is 0. The molecule has 2 rings (SSSR count). The highest BCUT2D eigenvalue weighted by molar-refractivity contribution is 5.68. The van der Waals surface area contributed by atoms with E-state index in [0.717, 1.165) is 16.8 Å². The van der Waals surface area contributed by atoms with Gasteiger partial charge in [0, 0.05) is 18.8 Å². The number of benzene rings is 1. The molecule has 0 spiro atoms. The van der Waals surface area contributed by atoms with Gasteiger partial charge in [0.25, 0.3) is 0 Å². The monoisotopic (exact) mass is 234 g/mol. The predicted molar refractivity (Wildman–Crippen MR) is 67.8 cm³/mol. The van der Waals surface area contributed by atoms with Crippen LogP contribution in [0, 0.1) is 22.7 Å². The van der Waals surface area contributed by atoms with Crippen molar-refractivity contribution in [2.24, 2.45) is 7.05 Å². The lowest BCUT2D eigenvalue weighted by Crippen LogP contribution is -1.88. The summed E-state index contributed by atoms with van der Waals surface area (Å²) in [6.07, 6.45) is 3.43. The molecular formula is C14H10N4. The van der Waals surface area contributed by atoms with Crippen LogP contribution in [0.4, 0.5) is 0 Å². The van der Waals surface area contributed by atoms with E-state index in [-0.39, 0.29) is 5.57 Å². The summed E-state index contributed by atoms with van der Waals surface area (Å²) in [6, 6.07) is 13.2. The van der Waals surface area contributed by atoms with Crippen LogP contribution >= 0.6 is 0 Å². The minimum absolute atomic E-state index is 0.0909. The average Bonchev–Trinajstić information content (AvgIpc) is 2.83. The standard InChI is InChI=1S/C14H10N4/c1-18-6-5-14(17-18)13-4-2-3-11(8-13)7-12(9-15)10-16/h2-8H,1H3. The van der Waals surface area contributed by atoms with Crippen LogP contribution in [0.2, 0.25) is 0 Å². The molecule has 0 atom stereocenters. The molecule has 0 radical (unpaired) electrons. The molecule has 0 bridgehead atoms. The van der Waals surface area contributed by atoms with E-state index in [9.17, 15) is 0 Å². The molecule has 4 nitrogen and oxygen atoms in total. The molecule has 0 unspecified atom stereocenters. The Balaban J connectivity index is 2.41. The van der Waals surface area contributed by atoms with Crippen molar-refractivity contribution < 1.29 is 0 Å². The average molecular weight is 234 g/mol. The van der Waals surface area contributed by atoms with Gasteiger partial charge in [0.2, 0.25) is 0 Å². The zero-order chi connectivity index (χ0) is 13.0. The molecule has 0 aliphatic heterocycles. The van der Waals surface area contributed by atoms with Gasteiger partial charge in [-0.1, -0.05) is 18.2 Å². The third kappa shape index (κ3) is 2.45. The van der Waals surface area contributed by atoms with Gasteiger partial charge in [-0.3, -0.25) is 4.68 Å². The Morgan fingerprint density at radius 3 is 2.67 bits per heavy atom. The molecule has 4 heteroatoms. The number of nitriles is 2. The smallest absolute Gasteiger partial charge is 0.130 e. The van der Waals surface area contributed by atoms with E-state index in [1.54, 1.807) is 10.8 Å². The molecule has 1 aromatic heterocycles. The molecule has 2 aromatic rings. The minimum atomic E-state index is 0.0909. The molecule has 1 aromatic carbocycles. The summed E-state index contributed by atoms with van der Waals surface area (Å²) in [5.74, 6) is 0. The van der Waals surface area contributed by atoms with Crippen LogP contribution in [0.1, 0.15) is 5.56 Å². The van der Waals surface area contributed by atoms with E-state index >= 15 is 0 Å². The van der Waals surface area contributed by atoms with Crippen LogP contribution in [-0.4, -0.2) is 9.78 Å². The zero-order valence-corrected chi connectivity index (χ0v) is 9.83. The molecule has 0 saturated carbocycles. The summed E-state index contributed by atoms with van der Waals surface area (Å²) in [5.41, 5.74) is 2.73. The Morgan fingerprint density at radius 1 is 1.28 bits per heavy atom. The largest absolute Gasteiger partial charge is 0.275 e. The lowest BCUT2D eigenvalue weighted by Gasteiger charge is -1.99. The maximum absolute atomic E-state index is 8.72. The van der Waals surface area contributed by atoms with Crippen LogP contribution < -0.4 is 0 Å². The van der Waals surface area contributed by atoms with Crippen LogP contribution in [0.5, 0.6) is 0 Å². The Hall–Kier alpha value is -2.85. The van der Waals surface area contributed by atoms with Gasteiger partial charge in [0.15, 0.2) is 0 Å². The van der Waals surface area contributed by atoms with Crippen LogP contribution in [-0.2, 0) is 7.05 Å². The maximum atomic E-state index is 8.72. The number of aryl methyl sites for hydroxylation is 1. The third-order valence-electron chi connectivity index (χ3n) is 2.45. The molecule has 0 N–H and O–H groups in total. The Morgan fingerprint density at radius 2 is 2.06 bits per heavy atom. The molecule has 18 heavy (non-hydrogen) atoms. The first-order valence-corrected chi connectivity index (χ1v) is 5.35. The van der Waals surface area contributed by atoms with Gasteiger partial charge >= 0.3 is 0 Å². The number of nitrogens with zero attached hydrogens (tertiary/aromatic N) is 4. The predicted octanol–water partition coefficient (Wildman–Crippen LogP) is 2.52. The highest BCUT2D eigenvalue weighted by Gasteiger charge is 2.02. The molecule has 0 aliphatic carbocycles. The molecule has 0 saturated heterocycles. The minimum Gasteiger partial charge on any atom is -0.275 e. The van der Waals surface area contributed by atoms with Gasteiger partial charge < -0.3 is 0 Å². The Bertz CT molecular complexity index is 664. The maximum Gasteiger partial charge on any atom is 0.130 e. The summed E-state index contributed by atoms with van der Waals surface area (Å²) in [7, 11) is 1.86. The summed E-state index contributed by atoms with van der Waals surface area (Å²) >= 11 is 0. The van der Waals surface area contributed by atoms with Crippen molar-refractivity contribution in [1.29, 1.82) is 10.5 Å². The van der Waals surface area contributed by atoms with E-state index in [1.807, 2.05) is 55.7 Å². The zero-order valence-electron chi connectivity index (χ0n) is 9.83. The fourth-order valence-corrected chi connectivity index (χ4v) is 1.61. The molecule has 0 aliphatic rings. The van der Waals surface area contributed by atoms with E-state index in [0.29, 0.717) is 0 Å². The van der Waals surface area contributed by atoms with Gasteiger partial charge in [-0.15, -0.1) is 0 Å². The second-order valence-corrected chi connectivity index (χ2v) is 3.78. The van der Waals surface area contributed by atoms with Crippen molar-refractivity contribution >= 4 is 6.08 Å². The quantitative estimate of drug-likeness (QED) is 0.750. The van der Waals surface area contributed by atoms with Gasteiger partial charge in [-0.25, -0.2) is 0 Å². The van der Waals surface area contributed by atoms with Crippen molar-refractivity contribution in [3.8, 4) is 23.4 Å². The van der Waals surface area contributed by atoms with Crippen molar-refractivity contribution in [3.05, 3.63) is 47.7 Å². The first kappa shape index (κ1) is 11.6.